The maximum Gasteiger partial charge on any atom is 0.0701 e. The van der Waals surface area contributed by atoms with Gasteiger partial charge >= 0.3 is 0 Å². The fourth-order valence-electron chi connectivity index (χ4n) is 1.73. The van der Waals surface area contributed by atoms with Gasteiger partial charge in [0.2, 0.25) is 0 Å². The second-order valence-electron chi connectivity index (χ2n) is 6.26. The van der Waals surface area contributed by atoms with Crippen LogP contribution in [0.4, 0.5) is 0 Å². The molecule has 0 radical (unpaired) electrons. The summed E-state index contributed by atoms with van der Waals surface area (Å²) >= 11 is 0. The molecule has 0 spiro atoms. The highest BCUT2D eigenvalue weighted by atomic mass is 16.5. The zero-order chi connectivity index (χ0) is 17.8. The predicted molar refractivity (Wildman–Crippen MR) is 100 cm³/mol. The van der Waals surface area contributed by atoms with Gasteiger partial charge in [-0.25, -0.2) is 0 Å². The quantitative estimate of drug-likeness (QED) is 0.461. The van der Waals surface area contributed by atoms with E-state index in [2.05, 4.69) is 39.6 Å². The van der Waals surface area contributed by atoms with Gasteiger partial charge in [-0.2, -0.15) is 0 Å². The van der Waals surface area contributed by atoms with Gasteiger partial charge in [0, 0.05) is 19.8 Å². The summed E-state index contributed by atoms with van der Waals surface area (Å²) in [6.07, 6.45) is 6.97. The van der Waals surface area contributed by atoms with Crippen molar-refractivity contribution in [3.8, 4) is 0 Å². The van der Waals surface area contributed by atoms with Crippen molar-refractivity contribution in [3.05, 3.63) is 0 Å². The van der Waals surface area contributed by atoms with Crippen LogP contribution in [0.1, 0.15) is 66.2 Å². The normalized spacial score (nSPS) is 12.1. The average Bonchev–Trinajstić information content (AvgIpc) is 2.56. The smallest absolute Gasteiger partial charge is 0.0701 e. The molecule has 0 fully saturated rings. The van der Waals surface area contributed by atoms with Crippen molar-refractivity contribution in [1.82, 2.24) is 4.90 Å². The molecule has 0 bridgehead atoms. The first-order chi connectivity index (χ1) is 11.1. The summed E-state index contributed by atoms with van der Waals surface area (Å²) in [6, 6.07) is 0. The Balaban J connectivity index is 0. The molecule has 0 aliphatic heterocycles. The molecule has 0 aliphatic rings. The van der Waals surface area contributed by atoms with Gasteiger partial charge in [0.1, 0.15) is 0 Å². The highest BCUT2D eigenvalue weighted by Crippen LogP contribution is 2.05. The number of unbranched alkanes of at least 4 members (excludes halogenated alkanes) is 2. The third-order valence-electron chi connectivity index (χ3n) is 3.85. The van der Waals surface area contributed by atoms with Crippen LogP contribution in [0, 0.1) is 5.92 Å². The Hall–Kier alpha value is -0.160. The Morgan fingerprint density at radius 1 is 0.870 bits per heavy atom. The van der Waals surface area contributed by atoms with Gasteiger partial charge in [-0.05, 0) is 38.8 Å². The lowest BCUT2D eigenvalue weighted by atomic mass is 10.1. The number of aliphatic hydroxyl groups is 1. The number of ether oxygens (including phenoxy) is 2. The van der Waals surface area contributed by atoms with Crippen LogP contribution in [-0.2, 0) is 9.47 Å². The van der Waals surface area contributed by atoms with E-state index in [9.17, 15) is 0 Å². The molecule has 1 N–H and O–H groups in total. The molecule has 0 aliphatic carbocycles. The van der Waals surface area contributed by atoms with Crippen LogP contribution in [0.5, 0.6) is 0 Å². The van der Waals surface area contributed by atoms with E-state index in [-0.39, 0.29) is 0 Å². The van der Waals surface area contributed by atoms with Crippen molar-refractivity contribution >= 4 is 0 Å². The van der Waals surface area contributed by atoms with Gasteiger partial charge in [0.15, 0.2) is 0 Å². The van der Waals surface area contributed by atoms with E-state index in [1.807, 2.05) is 0 Å². The van der Waals surface area contributed by atoms with E-state index in [0.717, 1.165) is 58.2 Å². The summed E-state index contributed by atoms with van der Waals surface area (Å²) in [6.45, 7) is 14.4. The maximum absolute atomic E-state index is 8.07. The zero-order valence-electron chi connectivity index (χ0n) is 16.5. The van der Waals surface area contributed by atoms with Gasteiger partial charge in [-0.3, -0.25) is 0 Å². The van der Waals surface area contributed by atoms with E-state index in [0.29, 0.717) is 6.61 Å². The molecule has 4 heteroatoms. The lowest BCUT2D eigenvalue weighted by molar-refractivity contribution is 0.0370. The lowest BCUT2D eigenvalue weighted by Gasteiger charge is -2.16. The largest absolute Gasteiger partial charge is 0.396 e. The Kier molecular flexibility index (Phi) is 23.8. The van der Waals surface area contributed by atoms with Crippen molar-refractivity contribution in [2.75, 3.05) is 53.2 Å². The SMILES string of the molecule is CCCCN(C)CCOCCOCCC(C)CC.CCCCO. The van der Waals surface area contributed by atoms with E-state index in [1.54, 1.807) is 0 Å². The number of rotatable bonds is 15. The molecule has 0 saturated carbocycles. The van der Waals surface area contributed by atoms with Crippen molar-refractivity contribution in [1.29, 1.82) is 0 Å². The molecule has 0 aromatic rings. The Morgan fingerprint density at radius 2 is 1.48 bits per heavy atom. The van der Waals surface area contributed by atoms with E-state index >= 15 is 0 Å². The van der Waals surface area contributed by atoms with Crippen LogP contribution < -0.4 is 0 Å². The summed E-state index contributed by atoms with van der Waals surface area (Å²) in [5, 5.41) is 8.07. The van der Waals surface area contributed by atoms with Gasteiger partial charge in [-0.1, -0.05) is 47.0 Å². The monoisotopic (exact) mass is 333 g/mol. The molecule has 0 rings (SSSR count). The molecular formula is C19H43NO3. The molecule has 4 nitrogen and oxygen atoms in total. The molecule has 23 heavy (non-hydrogen) atoms. The first-order valence-electron chi connectivity index (χ1n) is 9.57. The Labute approximate surface area is 145 Å². The van der Waals surface area contributed by atoms with Crippen molar-refractivity contribution < 1.29 is 14.6 Å². The number of nitrogens with zero attached hydrogens (tertiary/aromatic N) is 1. The minimum absolute atomic E-state index is 0.344. The van der Waals surface area contributed by atoms with Crippen molar-refractivity contribution in [2.24, 2.45) is 5.92 Å². The molecule has 142 valence electrons. The van der Waals surface area contributed by atoms with Gasteiger partial charge < -0.3 is 19.5 Å². The minimum Gasteiger partial charge on any atom is -0.396 e. The number of hydrogen-bond acceptors (Lipinski definition) is 4. The van der Waals surface area contributed by atoms with E-state index in [1.165, 1.54) is 25.8 Å². The Morgan fingerprint density at radius 3 is 1.96 bits per heavy atom. The van der Waals surface area contributed by atoms with Gasteiger partial charge in [0.05, 0.1) is 19.8 Å². The van der Waals surface area contributed by atoms with Crippen LogP contribution in [0.2, 0.25) is 0 Å². The Bertz CT molecular complexity index is 201. The molecule has 0 amide bonds. The molecule has 0 aromatic carbocycles. The zero-order valence-corrected chi connectivity index (χ0v) is 16.5. The van der Waals surface area contributed by atoms with E-state index in [4.69, 9.17) is 14.6 Å². The molecule has 0 aromatic heterocycles. The number of aliphatic hydroxyl groups excluding tert-OH is 1. The maximum atomic E-state index is 8.07. The van der Waals surface area contributed by atoms with Crippen molar-refractivity contribution in [3.63, 3.8) is 0 Å². The molecule has 1 unspecified atom stereocenters. The third kappa shape index (κ3) is 24.2. The van der Waals surface area contributed by atoms with Crippen LogP contribution in [0.3, 0.4) is 0 Å². The fourth-order valence-corrected chi connectivity index (χ4v) is 1.73. The topological polar surface area (TPSA) is 41.9 Å². The summed E-state index contributed by atoms with van der Waals surface area (Å²) in [4.78, 5) is 2.33. The highest BCUT2D eigenvalue weighted by molar-refractivity contribution is 4.50. The molecule has 0 heterocycles. The second kappa shape index (κ2) is 21.8. The van der Waals surface area contributed by atoms with E-state index < -0.39 is 0 Å². The van der Waals surface area contributed by atoms with Crippen molar-refractivity contribution in [2.45, 2.75) is 66.2 Å². The minimum atomic E-state index is 0.344. The predicted octanol–water partition coefficient (Wildman–Crippen LogP) is 3.97. The average molecular weight is 334 g/mol. The van der Waals surface area contributed by atoms with Gasteiger partial charge in [-0.15, -0.1) is 0 Å². The van der Waals surface area contributed by atoms with Crippen LogP contribution in [0.15, 0.2) is 0 Å². The summed E-state index contributed by atoms with van der Waals surface area (Å²) in [7, 11) is 2.15. The standard InChI is InChI=1S/C15H33NO2.C4H10O/c1-5-7-9-16(4)10-12-18-14-13-17-11-8-15(3)6-2;1-2-3-4-5/h15H,5-14H2,1-4H3;5H,2-4H2,1H3. The number of likely N-dealkylation sites (N-methyl/N-ethyl adjacent to an activating group) is 1. The first-order valence-corrected chi connectivity index (χ1v) is 9.57. The number of hydrogen-bond donors (Lipinski definition) is 1. The fraction of sp³-hybridized carbons (Fsp3) is 1.00. The summed E-state index contributed by atoms with van der Waals surface area (Å²) < 4.78 is 11.1. The lowest BCUT2D eigenvalue weighted by Crippen LogP contribution is -2.24. The van der Waals surface area contributed by atoms with Crippen LogP contribution in [0.25, 0.3) is 0 Å². The second-order valence-corrected chi connectivity index (χ2v) is 6.26. The first kappa shape index (κ1) is 25.1. The third-order valence-corrected chi connectivity index (χ3v) is 3.85. The van der Waals surface area contributed by atoms with Crippen LogP contribution in [-0.4, -0.2) is 63.2 Å². The molecule has 0 saturated heterocycles. The molecular weight excluding hydrogens is 290 g/mol. The summed E-state index contributed by atoms with van der Waals surface area (Å²) in [5.74, 6) is 0.776. The molecule has 1 atom stereocenters. The summed E-state index contributed by atoms with van der Waals surface area (Å²) in [5.41, 5.74) is 0. The van der Waals surface area contributed by atoms with Gasteiger partial charge in [0.25, 0.3) is 0 Å². The van der Waals surface area contributed by atoms with Crippen LogP contribution >= 0.6 is 0 Å². The highest BCUT2D eigenvalue weighted by Gasteiger charge is 1.99.